The van der Waals surface area contributed by atoms with Crippen LogP contribution < -0.4 is 20.3 Å². The van der Waals surface area contributed by atoms with E-state index in [9.17, 15) is 9.59 Å². The summed E-state index contributed by atoms with van der Waals surface area (Å²) >= 11 is 14.2. The van der Waals surface area contributed by atoms with E-state index in [4.69, 9.17) is 42.6 Å². The van der Waals surface area contributed by atoms with Crippen LogP contribution in [-0.2, 0) is 24.2 Å². The number of aromatic amines is 1. The maximum Gasteiger partial charge on any atom is 0.251 e. The highest BCUT2D eigenvalue weighted by Crippen LogP contribution is 2.42. The second-order valence-corrected chi connectivity index (χ2v) is 13.2. The number of methoxy groups -OCH3 is 2. The van der Waals surface area contributed by atoms with E-state index < -0.39 is 0 Å². The molecule has 2 aromatic carbocycles. The van der Waals surface area contributed by atoms with Crippen LogP contribution in [0.1, 0.15) is 42.4 Å². The number of allylic oxidation sites excluding steroid dienone is 2. The molecule has 3 aromatic heterocycles. The number of ketones is 1. The van der Waals surface area contributed by atoms with Crippen molar-refractivity contribution in [1.82, 2.24) is 25.3 Å². The lowest BCUT2D eigenvalue weighted by atomic mass is 9.98. The van der Waals surface area contributed by atoms with Gasteiger partial charge in [-0.2, -0.15) is 0 Å². The number of aryl methyl sites for hydroxylation is 3. The Kier molecular flexibility index (Phi) is 11.6. The van der Waals surface area contributed by atoms with E-state index in [0.29, 0.717) is 77.1 Å². The van der Waals surface area contributed by atoms with E-state index >= 15 is 0 Å². The van der Waals surface area contributed by atoms with Gasteiger partial charge in [0.25, 0.3) is 5.56 Å². The van der Waals surface area contributed by atoms with Crippen molar-refractivity contribution in [1.29, 1.82) is 0 Å². The SMILES string of the molecule is COc1nc(-c2cccc(-c3cccc(-c4ccc(CNCC5=NC(C)=CC(=O)C5)c(OC)n4)c3Cl)c2Cl)ccc1CCCc1nc(C)cc(=O)[nH]1. The third kappa shape index (κ3) is 8.48. The number of ether oxygens (including phenoxy) is 2. The molecule has 0 radical (unpaired) electrons. The lowest BCUT2D eigenvalue weighted by molar-refractivity contribution is -0.113. The molecule has 0 atom stereocenters. The van der Waals surface area contributed by atoms with Gasteiger partial charge < -0.3 is 19.8 Å². The summed E-state index contributed by atoms with van der Waals surface area (Å²) in [4.78, 5) is 45.0. The van der Waals surface area contributed by atoms with E-state index in [1.807, 2.05) is 74.5 Å². The average Bonchev–Trinajstić information content (AvgIpc) is 3.11. The Bertz CT molecular complexity index is 2270. The largest absolute Gasteiger partial charge is 0.481 e. The number of halogens is 2. The molecule has 266 valence electrons. The van der Waals surface area contributed by atoms with Crippen molar-refractivity contribution >= 4 is 34.7 Å². The van der Waals surface area contributed by atoms with Crippen molar-refractivity contribution < 1.29 is 14.3 Å². The molecule has 0 fully saturated rings. The molecule has 52 heavy (non-hydrogen) atoms. The average molecular weight is 738 g/mol. The van der Waals surface area contributed by atoms with E-state index in [1.54, 1.807) is 20.3 Å². The van der Waals surface area contributed by atoms with Gasteiger partial charge in [0.1, 0.15) is 5.82 Å². The van der Waals surface area contributed by atoms with E-state index in [-0.39, 0.29) is 11.3 Å². The van der Waals surface area contributed by atoms with E-state index in [0.717, 1.165) is 51.2 Å². The summed E-state index contributed by atoms with van der Waals surface area (Å²) in [7, 11) is 3.18. The van der Waals surface area contributed by atoms with Crippen molar-refractivity contribution in [2.75, 3.05) is 20.8 Å². The van der Waals surface area contributed by atoms with Gasteiger partial charge in [-0.05, 0) is 38.8 Å². The monoisotopic (exact) mass is 736 g/mol. The number of rotatable bonds is 13. The van der Waals surface area contributed by atoms with Gasteiger partial charge in [-0.1, -0.05) is 71.7 Å². The second kappa shape index (κ2) is 16.5. The maximum atomic E-state index is 11.9. The molecule has 1 aliphatic rings. The number of nitrogens with one attached hydrogen (secondary N) is 2. The highest BCUT2D eigenvalue weighted by Gasteiger charge is 2.19. The van der Waals surface area contributed by atoms with Crippen LogP contribution in [0.4, 0.5) is 0 Å². The number of benzene rings is 2. The smallest absolute Gasteiger partial charge is 0.251 e. The van der Waals surface area contributed by atoms with Gasteiger partial charge in [0, 0.05) is 82.1 Å². The third-order valence-corrected chi connectivity index (χ3v) is 9.42. The fourth-order valence-corrected chi connectivity index (χ4v) is 6.90. The van der Waals surface area contributed by atoms with Crippen molar-refractivity contribution in [2.45, 2.75) is 46.1 Å². The maximum absolute atomic E-state index is 11.9. The van der Waals surface area contributed by atoms with Gasteiger partial charge in [-0.3, -0.25) is 14.6 Å². The van der Waals surface area contributed by atoms with Crippen LogP contribution in [0, 0.1) is 6.92 Å². The predicted octanol–water partition coefficient (Wildman–Crippen LogP) is 7.78. The first-order valence-electron chi connectivity index (χ1n) is 16.8. The van der Waals surface area contributed by atoms with E-state index in [1.165, 1.54) is 6.07 Å². The molecule has 0 aliphatic carbocycles. The Balaban J connectivity index is 1.20. The molecule has 0 saturated carbocycles. The molecule has 10 nitrogen and oxygen atoms in total. The number of hydrogen-bond acceptors (Lipinski definition) is 9. The molecule has 1 aliphatic heterocycles. The molecule has 0 amide bonds. The van der Waals surface area contributed by atoms with Crippen LogP contribution >= 0.6 is 23.2 Å². The molecule has 0 unspecified atom stereocenters. The van der Waals surface area contributed by atoms with Crippen LogP contribution in [0.15, 0.2) is 88.3 Å². The summed E-state index contributed by atoms with van der Waals surface area (Å²) < 4.78 is 11.3. The van der Waals surface area contributed by atoms with Crippen molar-refractivity contribution in [2.24, 2.45) is 4.99 Å². The Hall–Kier alpha value is -5.16. The summed E-state index contributed by atoms with van der Waals surface area (Å²) in [5.41, 5.74) is 8.13. The third-order valence-electron chi connectivity index (χ3n) is 8.61. The summed E-state index contributed by atoms with van der Waals surface area (Å²) in [5.74, 6) is 1.70. The lowest BCUT2D eigenvalue weighted by Crippen LogP contribution is -2.26. The standard InChI is InChI=1S/C40H38Cl2N6O4/c1-23-18-28(49)20-27(44-23)22-43-21-26-15-17-34(47-40(26)52-4)32-12-7-10-30(38(32)42)29-9-6-11-31(37(29)41)33-16-14-25(39(46-33)51-3)8-5-13-35-45-24(2)19-36(50)48-35/h6-7,9-12,14-19,43H,5,8,13,20-22H2,1-4H3,(H,45,48,50). The van der Waals surface area contributed by atoms with Gasteiger partial charge >= 0.3 is 0 Å². The molecule has 2 N–H and O–H groups in total. The number of aromatic nitrogens is 4. The zero-order valence-electron chi connectivity index (χ0n) is 29.3. The summed E-state index contributed by atoms with van der Waals surface area (Å²) in [6.45, 7) is 4.60. The Morgan fingerprint density at radius 3 is 1.94 bits per heavy atom. The number of aliphatic imine (C=N–C) groups is 1. The van der Waals surface area contributed by atoms with E-state index in [2.05, 4.69) is 20.3 Å². The fraction of sp³-hybridized carbons (Fsp3) is 0.250. The Labute approximate surface area is 312 Å². The number of carbonyl (C=O) groups excluding carboxylic acids is 1. The van der Waals surface area contributed by atoms with Gasteiger partial charge in [0.15, 0.2) is 5.78 Å². The van der Waals surface area contributed by atoms with Crippen molar-refractivity contribution in [3.05, 3.63) is 122 Å². The van der Waals surface area contributed by atoms with Crippen molar-refractivity contribution in [3.8, 4) is 45.4 Å². The van der Waals surface area contributed by atoms with Gasteiger partial charge in [-0.15, -0.1) is 0 Å². The normalized spacial score (nSPS) is 12.8. The van der Waals surface area contributed by atoms with Crippen LogP contribution in [0.3, 0.4) is 0 Å². The predicted molar refractivity (Wildman–Crippen MR) is 206 cm³/mol. The number of hydrogen-bond donors (Lipinski definition) is 2. The lowest BCUT2D eigenvalue weighted by Gasteiger charge is -2.16. The number of carbonyl (C=O) groups is 1. The van der Waals surface area contributed by atoms with Crippen LogP contribution in [0.25, 0.3) is 33.6 Å². The quantitative estimate of drug-likeness (QED) is 0.125. The molecule has 6 rings (SSSR count). The molecule has 5 aromatic rings. The Morgan fingerprint density at radius 1 is 0.750 bits per heavy atom. The number of nitrogens with zero attached hydrogens (tertiary/aromatic N) is 4. The zero-order chi connectivity index (χ0) is 36.8. The molecule has 0 bridgehead atoms. The fourth-order valence-electron chi connectivity index (χ4n) is 6.25. The zero-order valence-corrected chi connectivity index (χ0v) is 30.9. The topological polar surface area (TPSA) is 131 Å². The minimum atomic E-state index is -0.149. The molecular formula is C40H38Cl2N6O4. The molecule has 4 heterocycles. The minimum Gasteiger partial charge on any atom is -0.481 e. The number of H-pyrrole nitrogens is 1. The summed E-state index contributed by atoms with van der Waals surface area (Å²) in [6.07, 6.45) is 3.95. The second-order valence-electron chi connectivity index (χ2n) is 12.5. The highest BCUT2D eigenvalue weighted by atomic mass is 35.5. The van der Waals surface area contributed by atoms with Crippen LogP contribution in [0.2, 0.25) is 10.0 Å². The summed E-state index contributed by atoms with van der Waals surface area (Å²) in [6, 6.07) is 20.8. The number of pyridine rings is 2. The molecule has 12 heteroatoms. The molecule has 0 spiro atoms. The Morgan fingerprint density at radius 2 is 1.35 bits per heavy atom. The first kappa shape index (κ1) is 36.6. The van der Waals surface area contributed by atoms with Gasteiger partial charge in [0.2, 0.25) is 11.8 Å². The first-order valence-corrected chi connectivity index (χ1v) is 17.6. The van der Waals surface area contributed by atoms with Gasteiger partial charge in [-0.25, -0.2) is 15.0 Å². The van der Waals surface area contributed by atoms with Crippen molar-refractivity contribution in [3.63, 3.8) is 0 Å². The first-order chi connectivity index (χ1) is 25.1. The summed E-state index contributed by atoms with van der Waals surface area (Å²) in [5, 5.41) is 4.34. The molecule has 0 saturated heterocycles. The van der Waals surface area contributed by atoms with Gasteiger partial charge in [0.05, 0.1) is 42.1 Å². The highest BCUT2D eigenvalue weighted by molar-refractivity contribution is 6.39. The minimum absolute atomic E-state index is 0.0615. The van der Waals surface area contributed by atoms with Crippen LogP contribution in [0.5, 0.6) is 11.8 Å². The molecular weight excluding hydrogens is 699 g/mol. The van der Waals surface area contributed by atoms with Crippen LogP contribution in [-0.4, -0.2) is 52.2 Å².